The van der Waals surface area contributed by atoms with Gasteiger partial charge in [-0.2, -0.15) is 0 Å². The van der Waals surface area contributed by atoms with Gasteiger partial charge >= 0.3 is 0 Å². The Morgan fingerprint density at radius 3 is 2.53 bits per heavy atom. The van der Waals surface area contributed by atoms with E-state index in [1.54, 1.807) is 19.1 Å². The van der Waals surface area contributed by atoms with Crippen molar-refractivity contribution in [2.24, 2.45) is 5.41 Å². The minimum atomic E-state index is -0.649. The molecule has 1 aromatic rings. The minimum absolute atomic E-state index is 0.0571. The standard InChI is InChI=1S/C15H19FO/c1-11-10-12(7-8-13(11)16)14(17)6-5-9-15(2,3)4/h7-8,10,14,17H,6H2,1-4H3. The molecule has 0 heterocycles. The lowest BCUT2D eigenvalue weighted by atomic mass is 9.97. The Morgan fingerprint density at radius 2 is 2.00 bits per heavy atom. The first-order valence-corrected chi connectivity index (χ1v) is 5.74. The summed E-state index contributed by atoms with van der Waals surface area (Å²) in [4.78, 5) is 0. The van der Waals surface area contributed by atoms with E-state index < -0.39 is 6.10 Å². The van der Waals surface area contributed by atoms with E-state index in [0.717, 1.165) is 0 Å². The monoisotopic (exact) mass is 234 g/mol. The van der Waals surface area contributed by atoms with Crippen molar-refractivity contribution in [2.75, 3.05) is 0 Å². The first-order valence-electron chi connectivity index (χ1n) is 5.74. The van der Waals surface area contributed by atoms with E-state index in [-0.39, 0.29) is 11.2 Å². The van der Waals surface area contributed by atoms with Crippen LogP contribution in [0.3, 0.4) is 0 Å². The summed E-state index contributed by atoms with van der Waals surface area (Å²) in [6.45, 7) is 7.75. The summed E-state index contributed by atoms with van der Waals surface area (Å²) in [5.41, 5.74) is 1.20. The zero-order chi connectivity index (χ0) is 13.1. The normalized spacial score (nSPS) is 12.8. The van der Waals surface area contributed by atoms with Gasteiger partial charge < -0.3 is 5.11 Å². The SMILES string of the molecule is Cc1cc(C(O)CC#CC(C)(C)C)ccc1F. The van der Waals surface area contributed by atoms with Gasteiger partial charge in [-0.05, 0) is 44.9 Å². The second-order valence-electron chi connectivity index (χ2n) is 5.28. The van der Waals surface area contributed by atoms with Crippen LogP contribution in [-0.4, -0.2) is 5.11 Å². The Bertz CT molecular complexity index is 446. The molecule has 0 aromatic heterocycles. The fraction of sp³-hybridized carbons (Fsp3) is 0.467. The number of halogens is 1. The molecule has 0 amide bonds. The highest BCUT2D eigenvalue weighted by molar-refractivity contribution is 5.26. The van der Waals surface area contributed by atoms with Gasteiger partial charge in [0.05, 0.1) is 6.10 Å². The second-order valence-corrected chi connectivity index (χ2v) is 5.28. The molecule has 0 aliphatic carbocycles. The zero-order valence-electron chi connectivity index (χ0n) is 10.8. The van der Waals surface area contributed by atoms with Crippen molar-refractivity contribution in [2.45, 2.75) is 40.2 Å². The molecule has 17 heavy (non-hydrogen) atoms. The van der Waals surface area contributed by atoms with Crippen LogP contribution < -0.4 is 0 Å². The summed E-state index contributed by atoms with van der Waals surface area (Å²) in [5, 5.41) is 9.91. The van der Waals surface area contributed by atoms with Crippen molar-refractivity contribution in [1.82, 2.24) is 0 Å². The van der Waals surface area contributed by atoms with E-state index in [1.165, 1.54) is 6.07 Å². The maximum Gasteiger partial charge on any atom is 0.126 e. The molecule has 1 aromatic carbocycles. The van der Waals surface area contributed by atoms with Gasteiger partial charge in [-0.25, -0.2) is 4.39 Å². The number of hydrogen-bond acceptors (Lipinski definition) is 1. The highest BCUT2D eigenvalue weighted by atomic mass is 19.1. The van der Waals surface area contributed by atoms with Crippen LogP contribution in [0.15, 0.2) is 18.2 Å². The maximum atomic E-state index is 13.1. The van der Waals surface area contributed by atoms with Crippen molar-refractivity contribution in [1.29, 1.82) is 0 Å². The van der Waals surface area contributed by atoms with Crippen molar-refractivity contribution >= 4 is 0 Å². The van der Waals surface area contributed by atoms with Gasteiger partial charge in [0.15, 0.2) is 0 Å². The van der Waals surface area contributed by atoms with Crippen LogP contribution in [0.1, 0.15) is 44.4 Å². The average molecular weight is 234 g/mol. The minimum Gasteiger partial charge on any atom is -0.387 e. The smallest absolute Gasteiger partial charge is 0.126 e. The first-order chi connectivity index (χ1) is 7.79. The number of hydrogen-bond donors (Lipinski definition) is 1. The molecule has 0 bridgehead atoms. The van der Waals surface area contributed by atoms with Crippen molar-refractivity contribution in [3.63, 3.8) is 0 Å². The molecule has 0 fully saturated rings. The third kappa shape index (κ3) is 4.58. The molecule has 92 valence electrons. The molecule has 0 radical (unpaired) electrons. The summed E-state index contributed by atoms with van der Waals surface area (Å²) in [6.07, 6.45) is -0.272. The number of aliphatic hydroxyl groups is 1. The Balaban J connectivity index is 2.73. The van der Waals surface area contributed by atoms with Crippen LogP contribution in [0.4, 0.5) is 4.39 Å². The molecule has 1 unspecified atom stereocenters. The summed E-state index contributed by atoms with van der Waals surface area (Å²) < 4.78 is 13.1. The topological polar surface area (TPSA) is 20.2 Å². The molecule has 0 aliphatic heterocycles. The number of rotatable bonds is 2. The molecular formula is C15H19FO. The van der Waals surface area contributed by atoms with Gasteiger partial charge in [-0.3, -0.25) is 0 Å². The molecule has 1 nitrogen and oxygen atoms in total. The van der Waals surface area contributed by atoms with Crippen molar-refractivity contribution in [3.8, 4) is 11.8 Å². The fourth-order valence-corrected chi connectivity index (χ4v) is 1.41. The Labute approximate surface area is 103 Å². The maximum absolute atomic E-state index is 13.1. The Kier molecular flexibility index (Phi) is 4.31. The average Bonchev–Trinajstić information content (AvgIpc) is 2.20. The quantitative estimate of drug-likeness (QED) is 0.775. The third-order valence-electron chi connectivity index (χ3n) is 2.33. The molecule has 1 atom stereocenters. The third-order valence-corrected chi connectivity index (χ3v) is 2.33. The Morgan fingerprint density at radius 1 is 1.35 bits per heavy atom. The molecule has 0 aliphatic rings. The van der Waals surface area contributed by atoms with Crippen LogP contribution in [0, 0.1) is 30.0 Å². The molecular weight excluding hydrogens is 215 g/mol. The number of aliphatic hydroxyl groups excluding tert-OH is 1. The predicted octanol–water partition coefficient (Wildman–Crippen LogP) is 3.61. The van der Waals surface area contributed by atoms with Gasteiger partial charge in [0.25, 0.3) is 0 Å². The van der Waals surface area contributed by atoms with Crippen molar-refractivity contribution < 1.29 is 9.50 Å². The van der Waals surface area contributed by atoms with Crippen molar-refractivity contribution in [3.05, 3.63) is 35.1 Å². The van der Waals surface area contributed by atoms with E-state index in [0.29, 0.717) is 17.5 Å². The van der Waals surface area contributed by atoms with Crippen LogP contribution >= 0.6 is 0 Å². The number of benzene rings is 1. The lowest BCUT2D eigenvalue weighted by Gasteiger charge is -2.10. The molecule has 1 N–H and O–H groups in total. The lowest BCUT2D eigenvalue weighted by Crippen LogP contribution is -2.01. The van der Waals surface area contributed by atoms with Crippen LogP contribution in [0.25, 0.3) is 0 Å². The highest BCUT2D eigenvalue weighted by Gasteiger charge is 2.08. The van der Waals surface area contributed by atoms with Gasteiger partial charge in [0.2, 0.25) is 0 Å². The fourth-order valence-electron chi connectivity index (χ4n) is 1.41. The first kappa shape index (κ1) is 13.7. The lowest BCUT2D eigenvalue weighted by molar-refractivity contribution is 0.183. The molecule has 0 spiro atoms. The van der Waals surface area contributed by atoms with Gasteiger partial charge in [-0.1, -0.05) is 24.0 Å². The van der Waals surface area contributed by atoms with E-state index in [2.05, 4.69) is 11.8 Å². The van der Waals surface area contributed by atoms with E-state index in [9.17, 15) is 9.50 Å². The van der Waals surface area contributed by atoms with Crippen LogP contribution in [0.5, 0.6) is 0 Å². The summed E-state index contributed by atoms with van der Waals surface area (Å²) in [6, 6.07) is 4.65. The number of aryl methyl sites for hydroxylation is 1. The summed E-state index contributed by atoms with van der Waals surface area (Å²) in [5.74, 6) is 5.78. The summed E-state index contributed by atoms with van der Waals surface area (Å²) >= 11 is 0. The molecule has 0 saturated heterocycles. The van der Waals surface area contributed by atoms with Gasteiger partial charge in [0.1, 0.15) is 5.82 Å². The van der Waals surface area contributed by atoms with Gasteiger partial charge in [-0.15, -0.1) is 0 Å². The van der Waals surface area contributed by atoms with E-state index in [4.69, 9.17) is 0 Å². The molecule has 1 rings (SSSR count). The van der Waals surface area contributed by atoms with E-state index >= 15 is 0 Å². The Hall–Kier alpha value is -1.33. The van der Waals surface area contributed by atoms with Gasteiger partial charge in [0, 0.05) is 11.8 Å². The largest absolute Gasteiger partial charge is 0.387 e. The molecule has 0 saturated carbocycles. The summed E-state index contributed by atoms with van der Waals surface area (Å²) in [7, 11) is 0. The van der Waals surface area contributed by atoms with E-state index in [1.807, 2.05) is 20.8 Å². The predicted molar refractivity (Wildman–Crippen MR) is 67.9 cm³/mol. The van der Waals surface area contributed by atoms with Crippen LogP contribution in [0.2, 0.25) is 0 Å². The second kappa shape index (κ2) is 5.33. The van der Waals surface area contributed by atoms with Crippen LogP contribution in [-0.2, 0) is 0 Å². The zero-order valence-corrected chi connectivity index (χ0v) is 10.8. The molecule has 2 heteroatoms. The highest BCUT2D eigenvalue weighted by Crippen LogP contribution is 2.19.